The summed E-state index contributed by atoms with van der Waals surface area (Å²) < 4.78 is 39.8. The number of halogens is 2. The van der Waals surface area contributed by atoms with Crippen LogP contribution in [-0.2, 0) is 4.74 Å². The van der Waals surface area contributed by atoms with E-state index >= 15 is 0 Å². The number of pyridine rings is 2. The van der Waals surface area contributed by atoms with Crippen LogP contribution in [0.15, 0.2) is 42.6 Å². The van der Waals surface area contributed by atoms with Crippen molar-refractivity contribution in [3.63, 3.8) is 0 Å². The number of likely N-dealkylation sites (tertiary alicyclic amines) is 1. The molecule has 0 spiro atoms. The van der Waals surface area contributed by atoms with Gasteiger partial charge >= 0.3 is 6.09 Å². The van der Waals surface area contributed by atoms with E-state index < -0.39 is 42.5 Å². The predicted octanol–water partition coefficient (Wildman–Crippen LogP) is 4.46. The Labute approximate surface area is 213 Å². The summed E-state index contributed by atoms with van der Waals surface area (Å²) in [5, 5.41) is 3.09. The van der Waals surface area contributed by atoms with Crippen molar-refractivity contribution in [3.05, 3.63) is 48.2 Å². The summed E-state index contributed by atoms with van der Waals surface area (Å²) >= 11 is 0. The molecule has 11 heteroatoms. The molecule has 0 saturated carbocycles. The van der Waals surface area contributed by atoms with E-state index in [1.54, 1.807) is 64.3 Å². The highest BCUT2D eigenvalue weighted by Gasteiger charge is 2.43. The van der Waals surface area contributed by atoms with Crippen molar-refractivity contribution < 1.29 is 27.8 Å². The number of methoxy groups -OCH3 is 1. The van der Waals surface area contributed by atoms with Gasteiger partial charge in [-0.1, -0.05) is 0 Å². The van der Waals surface area contributed by atoms with Crippen molar-refractivity contribution in [2.45, 2.75) is 44.8 Å². The van der Waals surface area contributed by atoms with Crippen molar-refractivity contribution >= 4 is 28.7 Å². The second kappa shape index (κ2) is 9.79. The molecular formula is C26H29F2N5O4. The summed E-state index contributed by atoms with van der Waals surface area (Å²) in [7, 11) is 1.55. The number of ether oxygens (including phenoxy) is 2. The summed E-state index contributed by atoms with van der Waals surface area (Å²) in [4.78, 5) is 34.8. The van der Waals surface area contributed by atoms with Crippen molar-refractivity contribution in [2.24, 2.45) is 5.73 Å². The van der Waals surface area contributed by atoms with E-state index in [0.717, 1.165) is 4.90 Å². The normalized spacial score (nSPS) is 17.4. The number of alkyl halides is 2. The van der Waals surface area contributed by atoms with Gasteiger partial charge in [-0.15, -0.1) is 0 Å². The lowest BCUT2D eigenvalue weighted by atomic mass is 10.0. The van der Waals surface area contributed by atoms with Crippen LogP contribution in [0.4, 0.5) is 19.3 Å². The van der Waals surface area contributed by atoms with Crippen LogP contribution in [0.5, 0.6) is 5.75 Å². The first-order valence-corrected chi connectivity index (χ1v) is 11.7. The number of rotatable bonds is 5. The fourth-order valence-corrected chi connectivity index (χ4v) is 4.22. The van der Waals surface area contributed by atoms with Gasteiger partial charge in [-0.2, -0.15) is 0 Å². The van der Waals surface area contributed by atoms with Gasteiger partial charge in [0.25, 0.3) is 11.8 Å². The third-order valence-corrected chi connectivity index (χ3v) is 5.76. The van der Waals surface area contributed by atoms with Crippen LogP contribution in [0.25, 0.3) is 22.3 Å². The molecule has 1 aliphatic heterocycles. The molecule has 9 nitrogen and oxygen atoms in total. The number of fused-ring (bicyclic) bond motifs is 1. The number of aromatic nitrogens is 2. The van der Waals surface area contributed by atoms with Gasteiger partial charge in [0.2, 0.25) is 0 Å². The van der Waals surface area contributed by atoms with Crippen LogP contribution in [0, 0.1) is 0 Å². The van der Waals surface area contributed by atoms with Crippen molar-refractivity contribution in [1.29, 1.82) is 0 Å². The van der Waals surface area contributed by atoms with Crippen LogP contribution < -0.4 is 15.8 Å². The molecule has 1 fully saturated rings. The van der Waals surface area contributed by atoms with Gasteiger partial charge < -0.3 is 25.4 Å². The highest BCUT2D eigenvalue weighted by atomic mass is 19.3. The fraction of sp³-hybridized carbons (Fsp3) is 0.385. The molecule has 3 N–H and O–H groups in total. The Morgan fingerprint density at radius 2 is 1.86 bits per heavy atom. The number of piperidine rings is 1. The molecule has 1 aliphatic rings. The summed E-state index contributed by atoms with van der Waals surface area (Å²) in [5.41, 5.74) is 7.02. The van der Waals surface area contributed by atoms with Gasteiger partial charge in [0.1, 0.15) is 22.4 Å². The summed E-state index contributed by atoms with van der Waals surface area (Å²) in [5.74, 6) is -3.18. The Morgan fingerprint density at radius 3 is 2.49 bits per heavy atom. The number of nitrogens with zero attached hydrogens (tertiary/aromatic N) is 3. The molecule has 3 aromatic rings. The van der Waals surface area contributed by atoms with E-state index in [-0.39, 0.29) is 17.6 Å². The van der Waals surface area contributed by atoms with E-state index in [4.69, 9.17) is 15.2 Å². The minimum atomic E-state index is -3.13. The lowest BCUT2D eigenvalue weighted by molar-refractivity contribution is -0.0722. The SMILES string of the molecule is COc1ccc(-c2cc(C(N)=O)c3nccc(N[C@@H]4CN(C(=O)OC(C)(C)C)CC(F)(F)C4)c3n2)cc1. The number of hydrogen-bond donors (Lipinski definition) is 2. The van der Waals surface area contributed by atoms with E-state index in [1.165, 1.54) is 6.20 Å². The topological polar surface area (TPSA) is 120 Å². The highest BCUT2D eigenvalue weighted by Crippen LogP contribution is 2.33. The Kier molecular flexibility index (Phi) is 6.90. The van der Waals surface area contributed by atoms with Gasteiger partial charge in [0, 0.05) is 30.8 Å². The van der Waals surface area contributed by atoms with Crippen LogP contribution in [0.1, 0.15) is 37.6 Å². The number of amides is 2. The van der Waals surface area contributed by atoms with Gasteiger partial charge in [0.05, 0.1) is 30.6 Å². The number of carbonyl (C=O) groups excluding carboxylic acids is 2. The van der Waals surface area contributed by atoms with Gasteiger partial charge in [-0.25, -0.2) is 18.6 Å². The number of hydrogen-bond acceptors (Lipinski definition) is 7. The highest BCUT2D eigenvalue weighted by molar-refractivity contribution is 6.07. The van der Waals surface area contributed by atoms with E-state index in [1.807, 2.05) is 0 Å². The molecular weight excluding hydrogens is 484 g/mol. The minimum absolute atomic E-state index is 0.00479. The number of nitrogens with two attached hydrogens (primary N) is 1. The molecule has 1 aromatic carbocycles. The molecule has 37 heavy (non-hydrogen) atoms. The van der Waals surface area contributed by atoms with E-state index in [2.05, 4.69) is 15.3 Å². The van der Waals surface area contributed by atoms with Crippen molar-refractivity contribution in [2.75, 3.05) is 25.5 Å². The maximum absolute atomic E-state index is 14.6. The third kappa shape index (κ3) is 6.04. The van der Waals surface area contributed by atoms with E-state index in [9.17, 15) is 18.4 Å². The van der Waals surface area contributed by atoms with Gasteiger partial charge in [-0.05, 0) is 57.2 Å². The lowest BCUT2D eigenvalue weighted by Gasteiger charge is -2.38. The molecule has 4 rings (SSSR count). The van der Waals surface area contributed by atoms with E-state index in [0.29, 0.717) is 28.2 Å². The van der Waals surface area contributed by atoms with Crippen LogP contribution in [0.2, 0.25) is 0 Å². The minimum Gasteiger partial charge on any atom is -0.497 e. The standard InChI is InChI=1S/C26H29F2N5O4/c1-25(2,3)37-24(35)33-13-16(12-26(27,28)14-33)31-19-9-10-30-21-18(23(29)34)11-20(32-22(19)21)15-5-7-17(36-4)8-6-15/h5-11,16H,12-14H2,1-4H3,(H2,29,34)(H,30,31)/t16-/m0/s1. The fourth-order valence-electron chi connectivity index (χ4n) is 4.22. The predicted molar refractivity (Wildman–Crippen MR) is 135 cm³/mol. The van der Waals surface area contributed by atoms with Crippen LogP contribution in [0.3, 0.4) is 0 Å². The maximum atomic E-state index is 14.6. The molecule has 1 atom stereocenters. The van der Waals surface area contributed by atoms with Gasteiger partial charge in [-0.3, -0.25) is 9.78 Å². The second-order valence-electron chi connectivity index (χ2n) is 9.97. The zero-order chi connectivity index (χ0) is 27.0. The van der Waals surface area contributed by atoms with Crippen molar-refractivity contribution in [3.8, 4) is 17.0 Å². The zero-order valence-corrected chi connectivity index (χ0v) is 21.0. The molecule has 0 bridgehead atoms. The van der Waals surface area contributed by atoms with Crippen LogP contribution >= 0.6 is 0 Å². The smallest absolute Gasteiger partial charge is 0.410 e. The zero-order valence-electron chi connectivity index (χ0n) is 21.0. The molecule has 1 saturated heterocycles. The molecule has 2 amide bonds. The monoisotopic (exact) mass is 513 g/mol. The van der Waals surface area contributed by atoms with Crippen molar-refractivity contribution in [1.82, 2.24) is 14.9 Å². The molecule has 2 aromatic heterocycles. The first-order valence-electron chi connectivity index (χ1n) is 11.7. The summed E-state index contributed by atoms with van der Waals surface area (Å²) in [6.07, 6.45) is 0.129. The lowest BCUT2D eigenvalue weighted by Crippen LogP contribution is -2.54. The molecule has 196 valence electrons. The first-order chi connectivity index (χ1) is 17.3. The van der Waals surface area contributed by atoms with Crippen LogP contribution in [-0.4, -0.2) is 64.6 Å². The number of benzene rings is 1. The quantitative estimate of drug-likeness (QED) is 0.517. The Morgan fingerprint density at radius 1 is 1.16 bits per heavy atom. The molecule has 3 heterocycles. The number of primary amides is 1. The largest absolute Gasteiger partial charge is 0.497 e. The average molecular weight is 514 g/mol. The Bertz CT molecular complexity index is 1330. The maximum Gasteiger partial charge on any atom is 0.410 e. The average Bonchev–Trinajstić information content (AvgIpc) is 2.81. The third-order valence-electron chi connectivity index (χ3n) is 5.76. The Hall–Kier alpha value is -4.02. The number of anilines is 1. The summed E-state index contributed by atoms with van der Waals surface area (Å²) in [6, 6.07) is 9.38. The number of carbonyl (C=O) groups is 2. The first kappa shape index (κ1) is 26.1. The van der Waals surface area contributed by atoms with Gasteiger partial charge in [0.15, 0.2) is 0 Å². The Balaban J connectivity index is 1.71. The number of nitrogens with one attached hydrogen (secondary N) is 1. The molecule has 0 radical (unpaired) electrons. The molecule has 0 aliphatic carbocycles. The molecule has 0 unspecified atom stereocenters. The summed E-state index contributed by atoms with van der Waals surface area (Å²) in [6.45, 7) is 4.29. The second-order valence-corrected chi connectivity index (χ2v) is 9.97.